The summed E-state index contributed by atoms with van der Waals surface area (Å²) in [6.45, 7) is 0.204. The number of benzene rings is 2. The van der Waals surface area contributed by atoms with Crippen LogP contribution in [-0.4, -0.2) is 22.5 Å². The third-order valence-corrected chi connectivity index (χ3v) is 5.80. The minimum absolute atomic E-state index is 0.155. The molecule has 30 heavy (non-hydrogen) atoms. The standard InChI is InChI=1S/C24H22BrN3O2/c1-2-13-30-20-10-6-7-17(14-20)16-26-28-23(18-8-4-3-5-9-18)27-22-12-11-19(25)15-21(22)24(28)29/h1,6-7,10-12,14-16,18H,3-5,8-9,13H2. The predicted octanol–water partition coefficient (Wildman–Crippen LogP) is 5.10. The molecule has 0 amide bonds. The number of fused-ring (bicyclic) bond motifs is 1. The van der Waals surface area contributed by atoms with Crippen LogP contribution in [0.4, 0.5) is 0 Å². The van der Waals surface area contributed by atoms with E-state index in [4.69, 9.17) is 16.1 Å². The Hall–Kier alpha value is -2.91. The lowest BCUT2D eigenvalue weighted by atomic mass is 9.88. The van der Waals surface area contributed by atoms with E-state index in [1.807, 2.05) is 36.4 Å². The van der Waals surface area contributed by atoms with Crippen LogP contribution >= 0.6 is 15.9 Å². The quantitative estimate of drug-likeness (QED) is 0.390. The second-order valence-corrected chi connectivity index (χ2v) is 8.31. The zero-order valence-corrected chi connectivity index (χ0v) is 18.1. The number of rotatable bonds is 5. The first kappa shape index (κ1) is 20.4. The highest BCUT2D eigenvalue weighted by atomic mass is 79.9. The van der Waals surface area contributed by atoms with Crippen LogP contribution in [0.1, 0.15) is 49.4 Å². The van der Waals surface area contributed by atoms with Gasteiger partial charge in [0.2, 0.25) is 0 Å². The maximum atomic E-state index is 13.3. The van der Waals surface area contributed by atoms with E-state index < -0.39 is 0 Å². The molecule has 1 aromatic heterocycles. The SMILES string of the molecule is C#CCOc1cccc(C=Nn2c(C3CCCCC3)nc3ccc(Br)cc3c2=O)c1. The van der Waals surface area contributed by atoms with Crippen LogP contribution in [0.2, 0.25) is 0 Å². The molecule has 0 saturated heterocycles. The summed E-state index contributed by atoms with van der Waals surface area (Å²) in [4.78, 5) is 18.2. The van der Waals surface area contributed by atoms with E-state index in [-0.39, 0.29) is 18.1 Å². The first-order valence-electron chi connectivity index (χ1n) is 10.1. The third-order valence-electron chi connectivity index (χ3n) is 5.31. The van der Waals surface area contributed by atoms with Crippen molar-refractivity contribution in [1.82, 2.24) is 9.66 Å². The Kier molecular flexibility index (Phi) is 6.29. The van der Waals surface area contributed by atoms with Gasteiger partial charge in [-0.2, -0.15) is 9.78 Å². The molecule has 6 heteroatoms. The smallest absolute Gasteiger partial charge is 0.282 e. The van der Waals surface area contributed by atoms with Gasteiger partial charge in [0, 0.05) is 10.4 Å². The van der Waals surface area contributed by atoms with Gasteiger partial charge >= 0.3 is 0 Å². The van der Waals surface area contributed by atoms with Crippen molar-refractivity contribution in [1.29, 1.82) is 0 Å². The van der Waals surface area contributed by atoms with Gasteiger partial charge < -0.3 is 4.74 Å². The van der Waals surface area contributed by atoms with Crippen molar-refractivity contribution in [3.8, 4) is 18.1 Å². The highest BCUT2D eigenvalue weighted by Gasteiger charge is 2.22. The van der Waals surface area contributed by atoms with E-state index in [0.29, 0.717) is 16.7 Å². The van der Waals surface area contributed by atoms with Crippen molar-refractivity contribution < 1.29 is 4.74 Å². The summed E-state index contributed by atoms with van der Waals surface area (Å²) in [5, 5.41) is 5.11. The summed E-state index contributed by atoms with van der Waals surface area (Å²) in [7, 11) is 0. The van der Waals surface area contributed by atoms with Crippen molar-refractivity contribution in [2.24, 2.45) is 5.10 Å². The molecule has 1 fully saturated rings. The van der Waals surface area contributed by atoms with E-state index in [0.717, 1.165) is 41.5 Å². The van der Waals surface area contributed by atoms with Gasteiger partial charge in [-0.15, -0.1) is 6.42 Å². The summed E-state index contributed by atoms with van der Waals surface area (Å²) < 4.78 is 7.79. The van der Waals surface area contributed by atoms with Crippen molar-refractivity contribution >= 4 is 33.0 Å². The molecular formula is C24H22BrN3O2. The van der Waals surface area contributed by atoms with Crippen molar-refractivity contribution in [2.75, 3.05) is 6.61 Å². The Morgan fingerprint density at radius 2 is 2.07 bits per heavy atom. The predicted molar refractivity (Wildman–Crippen MR) is 123 cm³/mol. The molecule has 0 bridgehead atoms. The van der Waals surface area contributed by atoms with Gasteiger partial charge in [-0.05, 0) is 48.7 Å². The Labute approximate surface area is 183 Å². The normalized spacial score (nSPS) is 14.8. The van der Waals surface area contributed by atoms with Gasteiger partial charge in [0.05, 0.1) is 17.1 Å². The van der Waals surface area contributed by atoms with E-state index in [9.17, 15) is 4.79 Å². The van der Waals surface area contributed by atoms with Gasteiger partial charge in [-0.25, -0.2) is 4.98 Å². The second kappa shape index (κ2) is 9.27. The second-order valence-electron chi connectivity index (χ2n) is 7.39. The minimum atomic E-state index is -0.155. The van der Waals surface area contributed by atoms with E-state index in [1.54, 1.807) is 12.3 Å². The fraction of sp³-hybridized carbons (Fsp3) is 0.292. The molecule has 1 heterocycles. The van der Waals surface area contributed by atoms with E-state index in [2.05, 4.69) is 27.0 Å². The largest absolute Gasteiger partial charge is 0.481 e. The summed E-state index contributed by atoms with van der Waals surface area (Å²) in [6, 6.07) is 13.1. The lowest BCUT2D eigenvalue weighted by Gasteiger charge is -2.22. The topological polar surface area (TPSA) is 56.5 Å². The van der Waals surface area contributed by atoms with Gasteiger partial charge in [-0.1, -0.05) is 53.2 Å². The van der Waals surface area contributed by atoms with Crippen LogP contribution in [0.15, 0.2) is 56.8 Å². The highest BCUT2D eigenvalue weighted by Crippen LogP contribution is 2.32. The van der Waals surface area contributed by atoms with Crippen molar-refractivity contribution in [3.63, 3.8) is 0 Å². The highest BCUT2D eigenvalue weighted by molar-refractivity contribution is 9.10. The van der Waals surface area contributed by atoms with Crippen molar-refractivity contribution in [3.05, 3.63) is 68.7 Å². The Morgan fingerprint density at radius 1 is 1.23 bits per heavy atom. The number of terminal acetylenes is 1. The Balaban J connectivity index is 1.78. The molecule has 0 atom stereocenters. The summed E-state index contributed by atoms with van der Waals surface area (Å²) in [5.41, 5.74) is 1.37. The summed E-state index contributed by atoms with van der Waals surface area (Å²) in [6.07, 6.45) is 12.5. The number of halogens is 1. The molecule has 4 rings (SSSR count). The zero-order chi connectivity index (χ0) is 20.9. The lowest BCUT2D eigenvalue weighted by Crippen LogP contribution is -2.25. The number of nitrogens with zero attached hydrogens (tertiary/aromatic N) is 3. The zero-order valence-electron chi connectivity index (χ0n) is 16.6. The first-order chi connectivity index (χ1) is 14.7. The molecule has 152 valence electrons. The van der Waals surface area contributed by atoms with Crippen molar-refractivity contribution in [2.45, 2.75) is 38.0 Å². The van der Waals surface area contributed by atoms with Crippen LogP contribution in [0.5, 0.6) is 5.75 Å². The lowest BCUT2D eigenvalue weighted by molar-refractivity contribution is 0.370. The minimum Gasteiger partial charge on any atom is -0.481 e. The monoisotopic (exact) mass is 463 g/mol. The molecule has 1 aliphatic rings. The maximum absolute atomic E-state index is 13.3. The van der Waals surface area contributed by atoms with Crippen LogP contribution in [-0.2, 0) is 0 Å². The summed E-state index contributed by atoms with van der Waals surface area (Å²) >= 11 is 3.45. The van der Waals surface area contributed by atoms with E-state index >= 15 is 0 Å². The van der Waals surface area contributed by atoms with Crippen LogP contribution < -0.4 is 10.3 Å². The molecule has 5 nitrogen and oxygen atoms in total. The van der Waals surface area contributed by atoms with Crippen LogP contribution in [0.25, 0.3) is 10.9 Å². The van der Waals surface area contributed by atoms with Gasteiger partial charge in [0.15, 0.2) is 0 Å². The molecule has 0 N–H and O–H groups in total. The Bertz CT molecular complexity index is 1190. The molecule has 0 unspecified atom stereocenters. The summed E-state index contributed by atoms with van der Waals surface area (Å²) in [5.74, 6) is 4.10. The first-order valence-corrected chi connectivity index (χ1v) is 10.9. The van der Waals surface area contributed by atoms with Gasteiger partial charge in [0.25, 0.3) is 5.56 Å². The average Bonchev–Trinajstić information content (AvgIpc) is 2.78. The number of hydrogen-bond acceptors (Lipinski definition) is 4. The number of ether oxygens (including phenoxy) is 1. The molecule has 0 radical (unpaired) electrons. The van der Waals surface area contributed by atoms with Gasteiger partial charge in [0.1, 0.15) is 18.2 Å². The fourth-order valence-electron chi connectivity index (χ4n) is 3.84. The molecule has 0 aliphatic heterocycles. The molecule has 3 aromatic rings. The van der Waals surface area contributed by atoms with Crippen LogP contribution in [0, 0.1) is 12.3 Å². The molecule has 1 aliphatic carbocycles. The number of hydrogen-bond donors (Lipinski definition) is 0. The van der Waals surface area contributed by atoms with E-state index in [1.165, 1.54) is 11.1 Å². The maximum Gasteiger partial charge on any atom is 0.282 e. The fourth-order valence-corrected chi connectivity index (χ4v) is 4.20. The number of aromatic nitrogens is 2. The van der Waals surface area contributed by atoms with Crippen LogP contribution in [0.3, 0.4) is 0 Å². The third kappa shape index (κ3) is 4.47. The average molecular weight is 464 g/mol. The molecule has 2 aromatic carbocycles. The molecule has 0 spiro atoms. The van der Waals surface area contributed by atoms with Gasteiger partial charge in [-0.3, -0.25) is 4.79 Å². The molecule has 1 saturated carbocycles. The molecular weight excluding hydrogens is 442 g/mol. The Morgan fingerprint density at radius 3 is 2.87 bits per heavy atom.